The van der Waals surface area contributed by atoms with Crippen LogP contribution in [-0.4, -0.2) is 19.4 Å². The molecule has 0 aliphatic carbocycles. The SMILES string of the molecule is C#CCNC(C#C)Cc1ccc2c(c1)OCO2. The van der Waals surface area contributed by atoms with Gasteiger partial charge in [0, 0.05) is 0 Å². The van der Waals surface area contributed by atoms with Crippen LogP contribution in [0.15, 0.2) is 18.2 Å². The molecule has 0 bridgehead atoms. The molecule has 3 nitrogen and oxygen atoms in total. The highest BCUT2D eigenvalue weighted by Crippen LogP contribution is 2.32. The summed E-state index contributed by atoms with van der Waals surface area (Å²) >= 11 is 0. The summed E-state index contributed by atoms with van der Waals surface area (Å²) in [7, 11) is 0. The maximum absolute atomic E-state index is 5.44. The van der Waals surface area contributed by atoms with E-state index in [1.165, 1.54) is 0 Å². The lowest BCUT2D eigenvalue weighted by atomic mass is 10.1. The van der Waals surface area contributed by atoms with Gasteiger partial charge in [-0.2, -0.15) is 0 Å². The van der Waals surface area contributed by atoms with E-state index in [-0.39, 0.29) is 12.8 Å². The molecule has 17 heavy (non-hydrogen) atoms. The quantitative estimate of drug-likeness (QED) is 0.784. The lowest BCUT2D eigenvalue weighted by Gasteiger charge is -2.11. The molecule has 0 radical (unpaired) electrons. The number of benzene rings is 1. The summed E-state index contributed by atoms with van der Waals surface area (Å²) in [5.41, 5.74) is 1.10. The van der Waals surface area contributed by atoms with Crippen LogP contribution in [0.5, 0.6) is 11.5 Å². The van der Waals surface area contributed by atoms with E-state index in [2.05, 4.69) is 17.2 Å². The Bertz CT molecular complexity index is 482. The number of terminal acetylenes is 2. The van der Waals surface area contributed by atoms with Crippen molar-refractivity contribution in [3.8, 4) is 36.2 Å². The first-order chi connectivity index (χ1) is 8.33. The first-order valence-electron chi connectivity index (χ1n) is 5.35. The maximum atomic E-state index is 5.44. The van der Waals surface area contributed by atoms with Gasteiger partial charge < -0.3 is 9.47 Å². The van der Waals surface area contributed by atoms with E-state index >= 15 is 0 Å². The average molecular weight is 227 g/mol. The molecular formula is C14H13NO2. The zero-order chi connectivity index (χ0) is 12.1. The molecule has 1 N–H and O–H groups in total. The summed E-state index contributed by atoms with van der Waals surface area (Å²) in [5, 5.41) is 3.09. The Kier molecular flexibility index (Phi) is 3.55. The Morgan fingerprint density at radius 2 is 2.12 bits per heavy atom. The molecule has 0 spiro atoms. The molecule has 3 heteroatoms. The van der Waals surface area contributed by atoms with E-state index in [1.54, 1.807) is 0 Å². The van der Waals surface area contributed by atoms with Crippen molar-refractivity contribution in [1.82, 2.24) is 5.32 Å². The molecule has 86 valence electrons. The number of fused-ring (bicyclic) bond motifs is 1. The van der Waals surface area contributed by atoms with Crippen LogP contribution in [-0.2, 0) is 6.42 Å². The minimum absolute atomic E-state index is 0.0635. The van der Waals surface area contributed by atoms with E-state index in [0.29, 0.717) is 6.54 Å². The van der Waals surface area contributed by atoms with Gasteiger partial charge in [0.2, 0.25) is 6.79 Å². The number of hydrogen-bond acceptors (Lipinski definition) is 3. The van der Waals surface area contributed by atoms with Gasteiger partial charge in [-0.25, -0.2) is 0 Å². The van der Waals surface area contributed by atoms with Crippen molar-refractivity contribution >= 4 is 0 Å². The fourth-order valence-corrected chi connectivity index (χ4v) is 1.68. The summed E-state index contributed by atoms with van der Waals surface area (Å²) in [6, 6.07) is 5.76. The van der Waals surface area contributed by atoms with Crippen LogP contribution in [0, 0.1) is 24.7 Å². The molecule has 2 rings (SSSR count). The standard InChI is InChI=1S/C14H13NO2/c1-3-7-15-12(4-2)8-11-5-6-13-14(9-11)17-10-16-13/h1-2,5-6,9,12,15H,7-8,10H2. The predicted octanol–water partition coefficient (Wildman–Crippen LogP) is 1.18. The third-order valence-electron chi connectivity index (χ3n) is 2.53. The monoisotopic (exact) mass is 227 g/mol. The van der Waals surface area contributed by atoms with Crippen LogP contribution < -0.4 is 14.8 Å². The van der Waals surface area contributed by atoms with Gasteiger partial charge in [-0.3, -0.25) is 5.32 Å². The van der Waals surface area contributed by atoms with Crippen LogP contribution in [0.4, 0.5) is 0 Å². The second kappa shape index (κ2) is 5.30. The maximum Gasteiger partial charge on any atom is 0.231 e. The van der Waals surface area contributed by atoms with E-state index in [9.17, 15) is 0 Å². The van der Waals surface area contributed by atoms with E-state index in [4.69, 9.17) is 22.3 Å². The van der Waals surface area contributed by atoms with Crippen LogP contribution >= 0.6 is 0 Å². The van der Waals surface area contributed by atoms with E-state index in [1.807, 2.05) is 18.2 Å². The Morgan fingerprint density at radius 1 is 1.29 bits per heavy atom. The molecule has 1 heterocycles. The first-order valence-corrected chi connectivity index (χ1v) is 5.35. The van der Waals surface area contributed by atoms with Gasteiger partial charge in [0.1, 0.15) is 0 Å². The fraction of sp³-hybridized carbons (Fsp3) is 0.286. The lowest BCUT2D eigenvalue weighted by molar-refractivity contribution is 0.174. The molecule has 1 atom stereocenters. The first kappa shape index (κ1) is 11.4. The van der Waals surface area contributed by atoms with Crippen LogP contribution in [0.1, 0.15) is 5.56 Å². The van der Waals surface area contributed by atoms with Gasteiger partial charge in [0.25, 0.3) is 0 Å². The minimum Gasteiger partial charge on any atom is -0.454 e. The van der Waals surface area contributed by atoms with Crippen LogP contribution in [0.2, 0.25) is 0 Å². The Balaban J connectivity index is 2.03. The molecule has 0 saturated carbocycles. The Morgan fingerprint density at radius 3 is 2.88 bits per heavy atom. The highest BCUT2D eigenvalue weighted by atomic mass is 16.7. The van der Waals surface area contributed by atoms with Gasteiger partial charge in [0.05, 0.1) is 12.6 Å². The van der Waals surface area contributed by atoms with Crippen molar-refractivity contribution in [1.29, 1.82) is 0 Å². The third kappa shape index (κ3) is 2.72. The van der Waals surface area contributed by atoms with Gasteiger partial charge in [-0.05, 0) is 24.1 Å². The molecule has 0 fully saturated rings. The van der Waals surface area contributed by atoms with Crippen molar-refractivity contribution < 1.29 is 9.47 Å². The molecule has 1 aromatic carbocycles. The molecular weight excluding hydrogens is 214 g/mol. The summed E-state index contributed by atoms with van der Waals surface area (Å²) in [6.07, 6.45) is 11.3. The summed E-state index contributed by atoms with van der Waals surface area (Å²) in [5.74, 6) is 6.74. The van der Waals surface area contributed by atoms with Crippen LogP contribution in [0.25, 0.3) is 0 Å². The zero-order valence-corrected chi connectivity index (χ0v) is 9.40. The molecule has 0 amide bonds. The lowest BCUT2D eigenvalue weighted by Crippen LogP contribution is -2.29. The van der Waals surface area contributed by atoms with Crippen molar-refractivity contribution in [3.63, 3.8) is 0 Å². The van der Waals surface area contributed by atoms with Crippen molar-refractivity contribution in [2.45, 2.75) is 12.5 Å². The number of rotatable bonds is 4. The Hall–Kier alpha value is -2.10. The second-order valence-electron chi connectivity index (χ2n) is 3.70. The topological polar surface area (TPSA) is 30.5 Å². The van der Waals surface area contributed by atoms with E-state index < -0.39 is 0 Å². The highest BCUT2D eigenvalue weighted by molar-refractivity contribution is 5.44. The predicted molar refractivity (Wildman–Crippen MR) is 65.7 cm³/mol. The smallest absolute Gasteiger partial charge is 0.231 e. The molecule has 0 saturated heterocycles. The Labute approximate surface area is 101 Å². The minimum atomic E-state index is -0.0635. The molecule has 1 unspecified atom stereocenters. The third-order valence-corrected chi connectivity index (χ3v) is 2.53. The summed E-state index contributed by atoms with van der Waals surface area (Å²) in [6.45, 7) is 0.756. The van der Waals surface area contributed by atoms with Gasteiger partial charge in [0.15, 0.2) is 11.5 Å². The molecule has 0 aromatic heterocycles. The summed E-state index contributed by atoms with van der Waals surface area (Å²) < 4.78 is 10.6. The molecule has 1 aliphatic rings. The summed E-state index contributed by atoms with van der Waals surface area (Å²) in [4.78, 5) is 0. The molecule has 1 aromatic rings. The number of hydrogen-bond donors (Lipinski definition) is 1. The average Bonchev–Trinajstić information content (AvgIpc) is 2.81. The zero-order valence-electron chi connectivity index (χ0n) is 9.40. The van der Waals surface area contributed by atoms with E-state index in [0.717, 1.165) is 23.5 Å². The van der Waals surface area contributed by atoms with Crippen molar-refractivity contribution in [2.24, 2.45) is 0 Å². The van der Waals surface area contributed by atoms with Crippen molar-refractivity contribution in [2.75, 3.05) is 13.3 Å². The molecule has 1 aliphatic heterocycles. The van der Waals surface area contributed by atoms with Gasteiger partial charge >= 0.3 is 0 Å². The number of nitrogens with one attached hydrogen (secondary N) is 1. The fourth-order valence-electron chi connectivity index (χ4n) is 1.68. The number of ether oxygens (including phenoxy) is 2. The van der Waals surface area contributed by atoms with Gasteiger partial charge in [-0.15, -0.1) is 12.8 Å². The van der Waals surface area contributed by atoms with Crippen molar-refractivity contribution in [3.05, 3.63) is 23.8 Å². The van der Waals surface area contributed by atoms with Gasteiger partial charge in [-0.1, -0.05) is 17.9 Å². The highest BCUT2D eigenvalue weighted by Gasteiger charge is 2.14. The normalized spacial score (nSPS) is 13.8. The largest absolute Gasteiger partial charge is 0.454 e. The van der Waals surface area contributed by atoms with Crippen LogP contribution in [0.3, 0.4) is 0 Å². The second-order valence-corrected chi connectivity index (χ2v) is 3.70.